The van der Waals surface area contributed by atoms with Gasteiger partial charge in [-0.3, -0.25) is 9.59 Å². The van der Waals surface area contributed by atoms with E-state index in [1.165, 1.54) is 44.4 Å². The predicted molar refractivity (Wildman–Crippen MR) is 106 cm³/mol. The molecule has 0 radical (unpaired) electrons. The number of nitrogens with one attached hydrogen (secondary N) is 1. The van der Waals surface area contributed by atoms with Crippen LogP contribution in [0.2, 0.25) is 0 Å². The minimum atomic E-state index is -0.536. The van der Waals surface area contributed by atoms with E-state index in [0.717, 1.165) is 0 Å². The first-order chi connectivity index (χ1) is 13.9. The maximum atomic E-state index is 13.3. The maximum Gasteiger partial charge on any atom is 0.229 e. The van der Waals surface area contributed by atoms with Crippen molar-refractivity contribution in [3.05, 3.63) is 41.7 Å². The highest BCUT2D eigenvalue weighted by atomic mass is 19.1. The molecular weight excluding hydrogens is 379 g/mol. The molecule has 1 heterocycles. The molecule has 0 spiro atoms. The summed E-state index contributed by atoms with van der Waals surface area (Å²) in [4.78, 5) is 26.8. The number of ether oxygens (including phenoxy) is 3. The molecule has 7 nitrogen and oxygen atoms in total. The highest BCUT2D eigenvalue weighted by Gasteiger charge is 2.36. The highest BCUT2D eigenvalue weighted by Crippen LogP contribution is 2.42. The zero-order chi connectivity index (χ0) is 21.1. The number of benzene rings is 2. The smallest absolute Gasteiger partial charge is 0.229 e. The normalized spacial score (nSPS) is 16.0. The Kier molecular flexibility index (Phi) is 5.91. The van der Waals surface area contributed by atoms with Crippen LogP contribution in [0.4, 0.5) is 15.8 Å². The van der Waals surface area contributed by atoms with Crippen LogP contribution >= 0.6 is 0 Å². The van der Waals surface area contributed by atoms with Crippen LogP contribution in [0.5, 0.6) is 17.2 Å². The van der Waals surface area contributed by atoms with E-state index in [9.17, 15) is 14.0 Å². The summed E-state index contributed by atoms with van der Waals surface area (Å²) in [5.41, 5.74) is 1.69. The number of carbonyl (C=O) groups is 2. The van der Waals surface area contributed by atoms with Crippen molar-refractivity contribution in [2.75, 3.05) is 38.1 Å². The molecule has 1 saturated heterocycles. The first-order valence-electron chi connectivity index (χ1n) is 9.05. The van der Waals surface area contributed by atoms with Gasteiger partial charge in [0.25, 0.3) is 0 Å². The second kappa shape index (κ2) is 8.38. The number of methoxy groups -OCH3 is 3. The summed E-state index contributed by atoms with van der Waals surface area (Å²) in [5, 5.41) is 2.78. The number of carbonyl (C=O) groups excluding carboxylic acids is 2. The molecule has 2 aromatic carbocycles. The SMILES string of the molecule is COc1cc(N2C[C@@H](C(=O)Nc3ccc(F)cc3C)CC2=O)cc(OC)c1OC. The van der Waals surface area contributed by atoms with Crippen molar-refractivity contribution in [3.63, 3.8) is 0 Å². The Morgan fingerprint density at radius 3 is 2.31 bits per heavy atom. The third-order valence-electron chi connectivity index (χ3n) is 4.90. The Labute approximate surface area is 168 Å². The van der Waals surface area contributed by atoms with Gasteiger partial charge in [-0.2, -0.15) is 0 Å². The summed E-state index contributed by atoms with van der Waals surface area (Å²) in [7, 11) is 4.49. The summed E-state index contributed by atoms with van der Waals surface area (Å²) < 4.78 is 29.2. The van der Waals surface area contributed by atoms with Gasteiger partial charge in [0.1, 0.15) is 5.82 Å². The van der Waals surface area contributed by atoms with Crippen LogP contribution in [0, 0.1) is 18.7 Å². The van der Waals surface area contributed by atoms with Gasteiger partial charge in [0, 0.05) is 30.8 Å². The number of nitrogens with zero attached hydrogens (tertiary/aromatic N) is 1. The number of anilines is 2. The van der Waals surface area contributed by atoms with Crippen molar-refractivity contribution < 1.29 is 28.2 Å². The number of aryl methyl sites for hydroxylation is 1. The van der Waals surface area contributed by atoms with Crippen LogP contribution in [0.15, 0.2) is 30.3 Å². The van der Waals surface area contributed by atoms with E-state index in [2.05, 4.69) is 5.32 Å². The zero-order valence-corrected chi connectivity index (χ0v) is 16.7. The van der Waals surface area contributed by atoms with Crippen molar-refractivity contribution in [1.29, 1.82) is 0 Å². The van der Waals surface area contributed by atoms with Gasteiger partial charge in [0.15, 0.2) is 11.5 Å². The first-order valence-corrected chi connectivity index (χ1v) is 9.05. The highest BCUT2D eigenvalue weighted by molar-refractivity contribution is 6.04. The Morgan fingerprint density at radius 1 is 1.10 bits per heavy atom. The summed E-state index contributed by atoms with van der Waals surface area (Å²) in [5.74, 6) is -0.116. The molecule has 2 amide bonds. The number of rotatable bonds is 6. The third kappa shape index (κ3) is 4.11. The zero-order valence-electron chi connectivity index (χ0n) is 16.7. The van der Waals surface area contributed by atoms with Gasteiger partial charge in [-0.15, -0.1) is 0 Å². The van der Waals surface area contributed by atoms with Crippen molar-refractivity contribution in [2.24, 2.45) is 5.92 Å². The molecule has 0 aromatic heterocycles. The lowest BCUT2D eigenvalue weighted by Crippen LogP contribution is -2.28. The molecule has 1 aliphatic rings. The van der Waals surface area contributed by atoms with Crippen molar-refractivity contribution in [3.8, 4) is 17.2 Å². The first kappa shape index (κ1) is 20.4. The number of hydrogen-bond acceptors (Lipinski definition) is 5. The lowest BCUT2D eigenvalue weighted by molar-refractivity contribution is -0.122. The van der Waals surface area contributed by atoms with Gasteiger partial charge in [-0.25, -0.2) is 4.39 Å². The number of amides is 2. The van der Waals surface area contributed by atoms with Crippen molar-refractivity contribution in [1.82, 2.24) is 0 Å². The van der Waals surface area contributed by atoms with Gasteiger partial charge in [-0.1, -0.05) is 0 Å². The molecule has 1 atom stereocenters. The maximum absolute atomic E-state index is 13.3. The van der Waals surface area contributed by atoms with E-state index in [-0.39, 0.29) is 30.6 Å². The largest absolute Gasteiger partial charge is 0.493 e. The standard InChI is InChI=1S/C21H23FN2O5/c1-12-7-14(22)5-6-16(12)23-21(26)13-8-19(25)24(11-13)15-9-17(27-2)20(29-4)18(10-15)28-3/h5-7,9-10,13H,8,11H2,1-4H3,(H,23,26)/t13-/m0/s1. The molecule has 154 valence electrons. The van der Waals surface area contributed by atoms with Gasteiger partial charge in [0.05, 0.1) is 32.9 Å². The Balaban J connectivity index is 1.80. The van der Waals surface area contributed by atoms with Gasteiger partial charge < -0.3 is 24.4 Å². The van der Waals surface area contributed by atoms with E-state index >= 15 is 0 Å². The van der Waals surface area contributed by atoms with Crippen LogP contribution in [0.3, 0.4) is 0 Å². The molecule has 0 aliphatic carbocycles. The fraction of sp³-hybridized carbons (Fsp3) is 0.333. The third-order valence-corrected chi connectivity index (χ3v) is 4.90. The topological polar surface area (TPSA) is 77.1 Å². The number of halogens is 1. The molecule has 8 heteroatoms. The molecule has 0 saturated carbocycles. The second-order valence-corrected chi connectivity index (χ2v) is 6.74. The summed E-state index contributed by atoms with van der Waals surface area (Å²) >= 11 is 0. The van der Waals surface area contributed by atoms with Crippen LogP contribution in [0.1, 0.15) is 12.0 Å². The average molecular weight is 402 g/mol. The van der Waals surface area contributed by atoms with Crippen LogP contribution in [-0.4, -0.2) is 39.7 Å². The van der Waals surface area contributed by atoms with E-state index in [0.29, 0.717) is 34.2 Å². The minimum Gasteiger partial charge on any atom is -0.493 e. The average Bonchev–Trinajstić information content (AvgIpc) is 3.10. The Morgan fingerprint density at radius 2 is 1.76 bits per heavy atom. The summed E-state index contributed by atoms with van der Waals surface area (Å²) in [6.45, 7) is 1.92. The predicted octanol–water partition coefficient (Wildman–Crippen LogP) is 3.15. The summed E-state index contributed by atoms with van der Waals surface area (Å²) in [6, 6.07) is 7.48. The molecule has 1 aliphatic heterocycles. The molecule has 29 heavy (non-hydrogen) atoms. The van der Waals surface area contributed by atoms with E-state index in [1.807, 2.05) is 0 Å². The summed E-state index contributed by atoms with van der Waals surface area (Å²) in [6.07, 6.45) is 0.0722. The van der Waals surface area contributed by atoms with Crippen LogP contribution in [0.25, 0.3) is 0 Å². The quantitative estimate of drug-likeness (QED) is 0.803. The molecule has 3 rings (SSSR count). The fourth-order valence-corrected chi connectivity index (χ4v) is 3.36. The Hall–Kier alpha value is -3.29. The van der Waals surface area contributed by atoms with E-state index < -0.39 is 5.92 Å². The monoisotopic (exact) mass is 402 g/mol. The molecule has 0 bridgehead atoms. The fourth-order valence-electron chi connectivity index (χ4n) is 3.36. The van der Waals surface area contributed by atoms with E-state index in [4.69, 9.17) is 14.2 Å². The van der Waals surface area contributed by atoms with Crippen molar-refractivity contribution >= 4 is 23.2 Å². The second-order valence-electron chi connectivity index (χ2n) is 6.74. The van der Waals surface area contributed by atoms with Crippen LogP contribution in [-0.2, 0) is 9.59 Å². The Bertz CT molecular complexity index is 922. The molecular formula is C21H23FN2O5. The van der Waals surface area contributed by atoms with Gasteiger partial charge in [0.2, 0.25) is 17.6 Å². The lowest BCUT2D eigenvalue weighted by atomic mass is 10.1. The van der Waals surface area contributed by atoms with E-state index in [1.54, 1.807) is 19.1 Å². The van der Waals surface area contributed by atoms with Crippen molar-refractivity contribution in [2.45, 2.75) is 13.3 Å². The van der Waals surface area contributed by atoms with Gasteiger partial charge >= 0.3 is 0 Å². The number of hydrogen-bond donors (Lipinski definition) is 1. The molecule has 0 unspecified atom stereocenters. The lowest BCUT2D eigenvalue weighted by Gasteiger charge is -2.20. The molecule has 2 aromatic rings. The minimum absolute atomic E-state index is 0.0722. The molecule has 1 N–H and O–H groups in total. The van der Waals surface area contributed by atoms with Crippen LogP contribution < -0.4 is 24.4 Å². The van der Waals surface area contributed by atoms with Gasteiger partial charge in [-0.05, 0) is 30.7 Å². The molecule has 1 fully saturated rings.